The molecule has 0 aromatic carbocycles. The SMILES string of the molecule is CC1(CNC(=O)CNC(C)(C)C)CCOCC1. The Kier molecular flexibility index (Phi) is 4.95. The molecule has 0 aliphatic carbocycles. The maximum Gasteiger partial charge on any atom is 0.233 e. The summed E-state index contributed by atoms with van der Waals surface area (Å²) in [5.41, 5.74) is 0.190. The lowest BCUT2D eigenvalue weighted by atomic mass is 9.82. The highest BCUT2D eigenvalue weighted by atomic mass is 16.5. The maximum atomic E-state index is 11.7. The average Bonchev–Trinajstić information content (AvgIpc) is 2.24. The van der Waals surface area contributed by atoms with Gasteiger partial charge in [-0.15, -0.1) is 0 Å². The predicted molar refractivity (Wildman–Crippen MR) is 68.9 cm³/mol. The molecule has 1 aliphatic rings. The second kappa shape index (κ2) is 5.83. The standard InChI is InChI=1S/C13H26N2O2/c1-12(2,3)15-9-11(16)14-10-13(4)5-7-17-8-6-13/h15H,5-10H2,1-4H3,(H,14,16). The third kappa shape index (κ3) is 6.03. The maximum absolute atomic E-state index is 11.7. The van der Waals surface area contributed by atoms with Gasteiger partial charge in [0, 0.05) is 25.3 Å². The van der Waals surface area contributed by atoms with Gasteiger partial charge in [0.15, 0.2) is 0 Å². The summed E-state index contributed by atoms with van der Waals surface area (Å²) < 4.78 is 5.34. The number of rotatable bonds is 4. The van der Waals surface area contributed by atoms with Crippen LogP contribution in [0.25, 0.3) is 0 Å². The Morgan fingerprint density at radius 2 is 1.88 bits per heavy atom. The molecule has 17 heavy (non-hydrogen) atoms. The van der Waals surface area contributed by atoms with Crippen molar-refractivity contribution in [1.82, 2.24) is 10.6 Å². The van der Waals surface area contributed by atoms with Gasteiger partial charge in [0.05, 0.1) is 6.54 Å². The number of hydrogen-bond donors (Lipinski definition) is 2. The van der Waals surface area contributed by atoms with Crippen molar-refractivity contribution in [3.8, 4) is 0 Å². The first-order valence-electron chi connectivity index (χ1n) is 6.40. The zero-order valence-electron chi connectivity index (χ0n) is 11.6. The van der Waals surface area contributed by atoms with E-state index in [0.29, 0.717) is 6.54 Å². The van der Waals surface area contributed by atoms with Crippen molar-refractivity contribution in [2.45, 2.75) is 46.1 Å². The van der Waals surface area contributed by atoms with E-state index >= 15 is 0 Å². The molecule has 0 spiro atoms. The van der Waals surface area contributed by atoms with Gasteiger partial charge in [-0.1, -0.05) is 6.92 Å². The molecule has 0 aromatic rings. The molecule has 1 amide bonds. The van der Waals surface area contributed by atoms with Crippen LogP contribution in [0, 0.1) is 5.41 Å². The number of carbonyl (C=O) groups is 1. The van der Waals surface area contributed by atoms with Crippen molar-refractivity contribution >= 4 is 5.91 Å². The first-order valence-corrected chi connectivity index (χ1v) is 6.40. The van der Waals surface area contributed by atoms with Crippen LogP contribution in [0.15, 0.2) is 0 Å². The summed E-state index contributed by atoms with van der Waals surface area (Å²) in [6.07, 6.45) is 2.06. The number of carbonyl (C=O) groups excluding carboxylic acids is 1. The molecule has 1 fully saturated rings. The molecule has 0 atom stereocenters. The average molecular weight is 242 g/mol. The Morgan fingerprint density at radius 1 is 1.29 bits per heavy atom. The Hall–Kier alpha value is -0.610. The van der Waals surface area contributed by atoms with E-state index in [1.54, 1.807) is 0 Å². The number of amides is 1. The van der Waals surface area contributed by atoms with Crippen molar-refractivity contribution < 1.29 is 9.53 Å². The van der Waals surface area contributed by atoms with Crippen molar-refractivity contribution in [2.75, 3.05) is 26.3 Å². The lowest BCUT2D eigenvalue weighted by molar-refractivity contribution is -0.121. The third-order valence-corrected chi connectivity index (χ3v) is 3.19. The summed E-state index contributed by atoms with van der Waals surface area (Å²) in [7, 11) is 0. The minimum atomic E-state index is -0.0140. The molecule has 1 saturated heterocycles. The molecule has 100 valence electrons. The summed E-state index contributed by atoms with van der Waals surface area (Å²) in [6.45, 7) is 11.1. The molecular weight excluding hydrogens is 216 g/mol. The van der Waals surface area contributed by atoms with Gasteiger partial charge in [-0.3, -0.25) is 4.79 Å². The van der Waals surface area contributed by atoms with E-state index in [-0.39, 0.29) is 16.9 Å². The van der Waals surface area contributed by atoms with Crippen LogP contribution in [-0.4, -0.2) is 37.7 Å². The van der Waals surface area contributed by atoms with Gasteiger partial charge in [-0.05, 0) is 39.0 Å². The van der Waals surface area contributed by atoms with Gasteiger partial charge >= 0.3 is 0 Å². The first kappa shape index (κ1) is 14.5. The van der Waals surface area contributed by atoms with Crippen molar-refractivity contribution in [3.05, 3.63) is 0 Å². The van der Waals surface area contributed by atoms with Crippen LogP contribution < -0.4 is 10.6 Å². The second-order valence-corrected chi connectivity index (χ2v) is 6.30. The highest BCUT2D eigenvalue weighted by Crippen LogP contribution is 2.28. The molecule has 1 aliphatic heterocycles. The van der Waals surface area contributed by atoms with Crippen molar-refractivity contribution in [2.24, 2.45) is 5.41 Å². The smallest absolute Gasteiger partial charge is 0.233 e. The topological polar surface area (TPSA) is 50.4 Å². The van der Waals surface area contributed by atoms with Crippen molar-refractivity contribution in [3.63, 3.8) is 0 Å². The lowest BCUT2D eigenvalue weighted by Crippen LogP contribution is -2.46. The van der Waals surface area contributed by atoms with Crippen LogP contribution in [0.3, 0.4) is 0 Å². The van der Waals surface area contributed by atoms with Crippen LogP contribution in [0.2, 0.25) is 0 Å². The van der Waals surface area contributed by atoms with E-state index in [1.165, 1.54) is 0 Å². The van der Waals surface area contributed by atoms with E-state index < -0.39 is 0 Å². The molecular formula is C13H26N2O2. The van der Waals surface area contributed by atoms with Gasteiger partial charge in [-0.2, -0.15) is 0 Å². The fourth-order valence-electron chi connectivity index (χ4n) is 1.76. The number of ether oxygens (including phenoxy) is 1. The summed E-state index contributed by atoms with van der Waals surface area (Å²) in [5.74, 6) is 0.0765. The van der Waals surface area contributed by atoms with Crippen LogP contribution >= 0.6 is 0 Å². The van der Waals surface area contributed by atoms with Crippen LogP contribution in [-0.2, 0) is 9.53 Å². The summed E-state index contributed by atoms with van der Waals surface area (Å²) in [4.78, 5) is 11.7. The molecule has 2 N–H and O–H groups in total. The van der Waals surface area contributed by atoms with E-state index in [9.17, 15) is 4.79 Å². The minimum Gasteiger partial charge on any atom is -0.381 e. The summed E-state index contributed by atoms with van der Waals surface area (Å²) in [6, 6.07) is 0. The normalized spacial score (nSPS) is 20.0. The third-order valence-electron chi connectivity index (χ3n) is 3.19. The van der Waals surface area contributed by atoms with Crippen LogP contribution in [0.1, 0.15) is 40.5 Å². The molecule has 0 aromatic heterocycles. The highest BCUT2D eigenvalue weighted by Gasteiger charge is 2.27. The van der Waals surface area contributed by atoms with Crippen LogP contribution in [0.4, 0.5) is 0 Å². The molecule has 0 bridgehead atoms. The largest absolute Gasteiger partial charge is 0.381 e. The molecule has 0 unspecified atom stereocenters. The molecule has 4 heteroatoms. The van der Waals surface area contributed by atoms with Gasteiger partial charge in [0.25, 0.3) is 0 Å². The quantitative estimate of drug-likeness (QED) is 0.781. The van der Waals surface area contributed by atoms with Crippen molar-refractivity contribution in [1.29, 1.82) is 0 Å². The monoisotopic (exact) mass is 242 g/mol. The first-order chi connectivity index (χ1) is 7.81. The molecule has 4 nitrogen and oxygen atoms in total. The van der Waals surface area contributed by atoms with E-state index in [4.69, 9.17) is 4.74 Å². The van der Waals surface area contributed by atoms with Crippen LogP contribution in [0.5, 0.6) is 0 Å². The number of hydrogen-bond acceptors (Lipinski definition) is 3. The summed E-state index contributed by atoms with van der Waals surface area (Å²) in [5, 5.41) is 6.19. The van der Waals surface area contributed by atoms with Gasteiger partial charge in [0.1, 0.15) is 0 Å². The second-order valence-electron chi connectivity index (χ2n) is 6.30. The minimum absolute atomic E-state index is 0.0140. The van der Waals surface area contributed by atoms with E-state index in [1.807, 2.05) is 0 Å². The summed E-state index contributed by atoms with van der Waals surface area (Å²) >= 11 is 0. The van der Waals surface area contributed by atoms with E-state index in [0.717, 1.165) is 32.6 Å². The zero-order chi connectivity index (χ0) is 12.9. The fraction of sp³-hybridized carbons (Fsp3) is 0.923. The predicted octanol–water partition coefficient (Wildman–Crippen LogP) is 1.31. The molecule has 1 rings (SSSR count). The lowest BCUT2D eigenvalue weighted by Gasteiger charge is -2.33. The Balaban J connectivity index is 2.23. The number of nitrogens with one attached hydrogen (secondary N) is 2. The molecule has 1 heterocycles. The Morgan fingerprint density at radius 3 is 2.41 bits per heavy atom. The molecule has 0 saturated carbocycles. The Labute approximate surface area is 104 Å². The fourth-order valence-corrected chi connectivity index (χ4v) is 1.76. The zero-order valence-corrected chi connectivity index (χ0v) is 11.6. The molecule has 0 radical (unpaired) electrons. The van der Waals surface area contributed by atoms with Gasteiger partial charge in [-0.25, -0.2) is 0 Å². The highest BCUT2D eigenvalue weighted by molar-refractivity contribution is 5.78. The Bertz CT molecular complexity index is 253. The van der Waals surface area contributed by atoms with E-state index in [2.05, 4.69) is 38.3 Å². The van der Waals surface area contributed by atoms with Gasteiger partial charge < -0.3 is 15.4 Å². The van der Waals surface area contributed by atoms with Gasteiger partial charge in [0.2, 0.25) is 5.91 Å².